The Hall–Kier alpha value is -2.12. The predicted molar refractivity (Wildman–Crippen MR) is 102 cm³/mol. The zero-order valence-electron chi connectivity index (χ0n) is 15.3. The van der Waals surface area contributed by atoms with Gasteiger partial charge < -0.3 is 15.5 Å². The van der Waals surface area contributed by atoms with Crippen molar-refractivity contribution in [1.29, 1.82) is 0 Å². The number of benzene rings is 1. The molecule has 2 aliphatic heterocycles. The van der Waals surface area contributed by atoms with E-state index < -0.39 is 0 Å². The summed E-state index contributed by atoms with van der Waals surface area (Å²) >= 11 is 5.96. The molecule has 8 heteroatoms. The summed E-state index contributed by atoms with van der Waals surface area (Å²) in [4.78, 5) is 41.9. The Balaban J connectivity index is 1.45. The molecule has 0 aliphatic carbocycles. The monoisotopic (exact) mass is 392 g/mol. The number of hydrogen-bond acceptors (Lipinski definition) is 4. The first-order valence-corrected chi connectivity index (χ1v) is 9.66. The van der Waals surface area contributed by atoms with E-state index in [1.807, 2.05) is 4.90 Å². The van der Waals surface area contributed by atoms with Crippen molar-refractivity contribution in [1.82, 2.24) is 14.7 Å². The fourth-order valence-electron chi connectivity index (χ4n) is 3.62. The highest BCUT2D eigenvalue weighted by Crippen LogP contribution is 2.17. The number of hydrogen-bond donors (Lipinski definition) is 1. The van der Waals surface area contributed by atoms with E-state index in [1.54, 1.807) is 29.2 Å². The Labute approximate surface area is 164 Å². The van der Waals surface area contributed by atoms with Gasteiger partial charge in [-0.15, -0.1) is 0 Å². The van der Waals surface area contributed by atoms with Crippen LogP contribution in [-0.4, -0.2) is 78.2 Å². The average Bonchev–Trinajstić information content (AvgIpc) is 2.68. The van der Waals surface area contributed by atoms with Crippen molar-refractivity contribution in [2.24, 2.45) is 11.7 Å². The molecule has 3 amide bonds. The fourth-order valence-corrected chi connectivity index (χ4v) is 3.81. The van der Waals surface area contributed by atoms with E-state index in [-0.39, 0.29) is 23.6 Å². The molecule has 2 N–H and O–H groups in total. The van der Waals surface area contributed by atoms with Gasteiger partial charge in [0.2, 0.25) is 11.8 Å². The number of primary amides is 1. The largest absolute Gasteiger partial charge is 0.369 e. The second kappa shape index (κ2) is 8.71. The van der Waals surface area contributed by atoms with Gasteiger partial charge in [0.15, 0.2) is 0 Å². The molecule has 0 aromatic heterocycles. The van der Waals surface area contributed by atoms with Crippen molar-refractivity contribution in [2.75, 3.05) is 45.8 Å². The number of rotatable bonds is 4. The highest BCUT2D eigenvalue weighted by atomic mass is 35.5. The number of nitrogens with two attached hydrogens (primary N) is 1. The molecule has 1 aromatic rings. The number of nitrogens with zero attached hydrogens (tertiary/aromatic N) is 3. The molecule has 3 rings (SSSR count). The van der Waals surface area contributed by atoms with E-state index in [4.69, 9.17) is 17.3 Å². The topological polar surface area (TPSA) is 86.9 Å². The minimum Gasteiger partial charge on any atom is -0.369 e. The first-order valence-electron chi connectivity index (χ1n) is 9.28. The number of carbonyl (C=O) groups excluding carboxylic acids is 3. The Morgan fingerprint density at radius 2 is 1.67 bits per heavy atom. The van der Waals surface area contributed by atoms with E-state index in [0.717, 1.165) is 0 Å². The third kappa shape index (κ3) is 4.99. The molecule has 0 saturated carbocycles. The average molecular weight is 393 g/mol. The summed E-state index contributed by atoms with van der Waals surface area (Å²) in [5.74, 6) is -0.345. The van der Waals surface area contributed by atoms with Crippen LogP contribution >= 0.6 is 11.6 Å². The Bertz CT molecular complexity index is 711. The van der Waals surface area contributed by atoms with Gasteiger partial charge in [0.25, 0.3) is 5.91 Å². The Kier molecular flexibility index (Phi) is 6.34. The number of likely N-dealkylation sites (tertiary alicyclic amines) is 1. The molecule has 0 unspecified atom stereocenters. The van der Waals surface area contributed by atoms with E-state index in [2.05, 4.69) is 4.90 Å². The van der Waals surface area contributed by atoms with Gasteiger partial charge in [-0.1, -0.05) is 17.7 Å². The quantitative estimate of drug-likeness (QED) is 0.821. The van der Waals surface area contributed by atoms with Crippen LogP contribution in [0.25, 0.3) is 0 Å². The van der Waals surface area contributed by atoms with Crippen molar-refractivity contribution in [3.8, 4) is 0 Å². The van der Waals surface area contributed by atoms with Gasteiger partial charge in [-0.25, -0.2) is 0 Å². The number of carbonyl (C=O) groups is 3. The summed E-state index contributed by atoms with van der Waals surface area (Å²) in [6, 6.07) is 6.95. The molecule has 27 heavy (non-hydrogen) atoms. The lowest BCUT2D eigenvalue weighted by Crippen LogP contribution is -2.52. The molecule has 2 heterocycles. The van der Waals surface area contributed by atoms with Gasteiger partial charge in [0.05, 0.1) is 6.54 Å². The van der Waals surface area contributed by atoms with Crippen molar-refractivity contribution < 1.29 is 14.4 Å². The zero-order chi connectivity index (χ0) is 19.4. The smallest absolute Gasteiger partial charge is 0.253 e. The van der Waals surface area contributed by atoms with Crippen LogP contribution < -0.4 is 5.73 Å². The van der Waals surface area contributed by atoms with Gasteiger partial charge in [-0.3, -0.25) is 19.3 Å². The first kappa shape index (κ1) is 19.6. The number of piperidine rings is 1. The van der Waals surface area contributed by atoms with E-state index in [1.165, 1.54) is 0 Å². The third-order valence-corrected chi connectivity index (χ3v) is 5.58. The summed E-state index contributed by atoms with van der Waals surface area (Å²) in [6.07, 6.45) is 1.28. The summed E-state index contributed by atoms with van der Waals surface area (Å²) in [5.41, 5.74) is 5.92. The van der Waals surface area contributed by atoms with Crippen LogP contribution in [0, 0.1) is 5.92 Å². The lowest BCUT2D eigenvalue weighted by molar-refractivity contribution is -0.136. The van der Waals surface area contributed by atoms with Gasteiger partial charge in [0.1, 0.15) is 0 Å². The molecule has 2 fully saturated rings. The SMILES string of the molecule is NC(=O)C1CCN(C(=O)CN2CCN(C(=O)c3cccc(Cl)c3)CC2)CC1. The van der Waals surface area contributed by atoms with Crippen LogP contribution in [-0.2, 0) is 9.59 Å². The number of amides is 3. The van der Waals surface area contributed by atoms with Gasteiger partial charge in [-0.05, 0) is 31.0 Å². The van der Waals surface area contributed by atoms with Crippen LogP contribution in [0.1, 0.15) is 23.2 Å². The number of halogens is 1. The molecule has 0 bridgehead atoms. The molecule has 0 spiro atoms. The summed E-state index contributed by atoms with van der Waals surface area (Å²) in [7, 11) is 0. The van der Waals surface area contributed by atoms with Crippen LogP contribution in [0.15, 0.2) is 24.3 Å². The lowest BCUT2D eigenvalue weighted by atomic mass is 9.96. The second-order valence-electron chi connectivity index (χ2n) is 7.14. The van der Waals surface area contributed by atoms with Crippen LogP contribution in [0.4, 0.5) is 0 Å². The Morgan fingerprint density at radius 3 is 2.26 bits per heavy atom. The molecular formula is C19H25ClN4O3. The number of piperazine rings is 1. The van der Waals surface area contributed by atoms with Crippen molar-refractivity contribution in [3.63, 3.8) is 0 Å². The highest BCUT2D eigenvalue weighted by molar-refractivity contribution is 6.30. The fraction of sp³-hybridized carbons (Fsp3) is 0.526. The van der Waals surface area contributed by atoms with E-state index in [9.17, 15) is 14.4 Å². The first-order chi connectivity index (χ1) is 12.9. The summed E-state index contributed by atoms with van der Waals surface area (Å²) in [6.45, 7) is 4.01. The van der Waals surface area contributed by atoms with Crippen LogP contribution in [0.3, 0.4) is 0 Å². The summed E-state index contributed by atoms with van der Waals surface area (Å²) < 4.78 is 0. The molecule has 2 aliphatic rings. The minimum atomic E-state index is -0.275. The molecule has 0 atom stereocenters. The molecule has 7 nitrogen and oxygen atoms in total. The maximum atomic E-state index is 12.5. The maximum absolute atomic E-state index is 12.5. The minimum absolute atomic E-state index is 0.0306. The van der Waals surface area contributed by atoms with Gasteiger partial charge in [0, 0.05) is 55.8 Å². The van der Waals surface area contributed by atoms with E-state index >= 15 is 0 Å². The third-order valence-electron chi connectivity index (χ3n) is 5.34. The standard InChI is InChI=1S/C19H25ClN4O3/c20-16-3-1-2-15(12-16)19(27)24-10-8-22(9-11-24)13-17(25)23-6-4-14(5-7-23)18(21)26/h1-3,12,14H,4-11,13H2,(H2,21,26). The van der Waals surface area contributed by atoms with Crippen molar-refractivity contribution in [2.45, 2.75) is 12.8 Å². The highest BCUT2D eigenvalue weighted by Gasteiger charge is 2.28. The molecule has 2 saturated heterocycles. The van der Waals surface area contributed by atoms with Crippen LogP contribution in [0.2, 0.25) is 5.02 Å². The molecular weight excluding hydrogens is 368 g/mol. The summed E-state index contributed by atoms with van der Waals surface area (Å²) in [5, 5.41) is 0.546. The van der Waals surface area contributed by atoms with Gasteiger partial charge >= 0.3 is 0 Å². The van der Waals surface area contributed by atoms with E-state index in [0.29, 0.717) is 69.2 Å². The molecule has 146 valence electrons. The lowest BCUT2D eigenvalue weighted by Gasteiger charge is -2.36. The maximum Gasteiger partial charge on any atom is 0.253 e. The van der Waals surface area contributed by atoms with Crippen LogP contribution in [0.5, 0.6) is 0 Å². The Morgan fingerprint density at radius 1 is 1.00 bits per heavy atom. The molecule has 0 radical (unpaired) electrons. The predicted octanol–water partition coefficient (Wildman–Crippen LogP) is 0.822. The molecule has 1 aromatic carbocycles. The van der Waals surface area contributed by atoms with Crippen molar-refractivity contribution >= 4 is 29.3 Å². The van der Waals surface area contributed by atoms with Gasteiger partial charge in [-0.2, -0.15) is 0 Å². The zero-order valence-corrected chi connectivity index (χ0v) is 16.0. The van der Waals surface area contributed by atoms with Crippen molar-refractivity contribution in [3.05, 3.63) is 34.9 Å². The normalized spacial score (nSPS) is 19.1. The second-order valence-corrected chi connectivity index (χ2v) is 7.57.